The summed E-state index contributed by atoms with van der Waals surface area (Å²) >= 11 is 0. The number of benzene rings is 2. The maximum atomic E-state index is 12.0. The molecular formula is C19H19NO5. The number of ketones is 1. The van der Waals surface area contributed by atoms with E-state index in [4.69, 9.17) is 9.84 Å². The number of ether oxygens (including phenoxy) is 1. The van der Waals surface area contributed by atoms with Crippen LogP contribution in [0.1, 0.15) is 22.8 Å². The Kier molecular flexibility index (Phi) is 6.28. The Balaban J connectivity index is 1.88. The van der Waals surface area contributed by atoms with E-state index in [9.17, 15) is 14.4 Å². The molecule has 0 aliphatic carbocycles. The number of carboxylic acids is 1. The third-order valence-electron chi connectivity index (χ3n) is 3.58. The van der Waals surface area contributed by atoms with Gasteiger partial charge in [-0.15, -0.1) is 0 Å². The van der Waals surface area contributed by atoms with Crippen molar-refractivity contribution in [3.05, 3.63) is 65.7 Å². The summed E-state index contributed by atoms with van der Waals surface area (Å²) in [6, 6.07) is 14.5. The normalized spacial score (nSPS) is 11.4. The molecule has 0 aliphatic rings. The summed E-state index contributed by atoms with van der Waals surface area (Å²) in [6.07, 6.45) is 0.412. The van der Waals surface area contributed by atoms with Crippen molar-refractivity contribution >= 4 is 17.7 Å². The second kappa shape index (κ2) is 8.63. The lowest BCUT2D eigenvalue weighted by molar-refractivity contribution is -0.128. The molecular weight excluding hydrogens is 322 g/mol. The van der Waals surface area contributed by atoms with Crippen LogP contribution in [-0.2, 0) is 16.0 Å². The Morgan fingerprint density at radius 3 is 2.24 bits per heavy atom. The molecule has 1 atom stereocenters. The fourth-order valence-corrected chi connectivity index (χ4v) is 2.22. The topological polar surface area (TPSA) is 92.7 Å². The van der Waals surface area contributed by atoms with Gasteiger partial charge in [0.05, 0.1) is 11.6 Å². The molecule has 2 aromatic carbocycles. The summed E-state index contributed by atoms with van der Waals surface area (Å²) in [4.78, 5) is 34.5. The van der Waals surface area contributed by atoms with Crippen molar-refractivity contribution in [2.75, 3.05) is 6.61 Å². The standard InChI is InChI=1S/C19H19NO5/c1-13(21)17(11-14-5-3-2-4-6-14)20-18(22)12-25-16-9-7-15(8-10-16)19(23)24/h2-10,17H,11-12H2,1H3,(H,20,22)(H,23,24)/t17-/m0/s1. The summed E-state index contributed by atoms with van der Waals surface area (Å²) in [5, 5.41) is 11.5. The first-order valence-electron chi connectivity index (χ1n) is 7.75. The van der Waals surface area contributed by atoms with Gasteiger partial charge in [0.15, 0.2) is 12.4 Å². The van der Waals surface area contributed by atoms with Crippen LogP contribution in [0.3, 0.4) is 0 Å². The molecule has 0 fully saturated rings. The number of Topliss-reactive ketones (excluding diaryl/α,β-unsaturated/α-hetero) is 1. The molecule has 0 spiro atoms. The zero-order chi connectivity index (χ0) is 18.2. The van der Waals surface area contributed by atoms with E-state index >= 15 is 0 Å². The van der Waals surface area contributed by atoms with Crippen LogP contribution in [-0.4, -0.2) is 35.4 Å². The van der Waals surface area contributed by atoms with Crippen molar-refractivity contribution in [2.45, 2.75) is 19.4 Å². The molecule has 1 amide bonds. The molecule has 0 aliphatic heterocycles. The number of hydrogen-bond donors (Lipinski definition) is 2. The number of carbonyl (C=O) groups is 3. The van der Waals surface area contributed by atoms with Crippen LogP contribution in [0.25, 0.3) is 0 Å². The maximum Gasteiger partial charge on any atom is 0.335 e. The van der Waals surface area contributed by atoms with Crippen LogP contribution >= 0.6 is 0 Å². The number of amides is 1. The molecule has 2 N–H and O–H groups in total. The number of carboxylic acid groups (broad SMARTS) is 1. The predicted molar refractivity (Wildman–Crippen MR) is 91.7 cm³/mol. The lowest BCUT2D eigenvalue weighted by Gasteiger charge is -2.16. The second-order valence-electron chi connectivity index (χ2n) is 5.54. The van der Waals surface area contributed by atoms with E-state index in [-0.39, 0.29) is 18.0 Å². The summed E-state index contributed by atoms with van der Waals surface area (Å²) in [7, 11) is 0. The highest BCUT2D eigenvalue weighted by Gasteiger charge is 2.17. The molecule has 6 heteroatoms. The Labute approximate surface area is 145 Å². The molecule has 0 heterocycles. The van der Waals surface area contributed by atoms with Crippen molar-refractivity contribution in [1.82, 2.24) is 5.32 Å². The lowest BCUT2D eigenvalue weighted by atomic mass is 10.0. The highest BCUT2D eigenvalue weighted by molar-refractivity contribution is 5.88. The number of carbonyl (C=O) groups excluding carboxylic acids is 2. The van der Waals surface area contributed by atoms with Gasteiger partial charge in [-0.2, -0.15) is 0 Å². The minimum Gasteiger partial charge on any atom is -0.484 e. The first-order valence-corrected chi connectivity index (χ1v) is 7.75. The Hall–Kier alpha value is -3.15. The van der Waals surface area contributed by atoms with Gasteiger partial charge in [0.1, 0.15) is 5.75 Å². The third kappa shape index (κ3) is 5.76. The van der Waals surface area contributed by atoms with E-state index in [2.05, 4.69) is 5.32 Å². The quantitative estimate of drug-likeness (QED) is 0.767. The Bertz CT molecular complexity index is 740. The molecule has 0 aromatic heterocycles. The minimum absolute atomic E-state index is 0.135. The molecule has 6 nitrogen and oxygen atoms in total. The van der Waals surface area contributed by atoms with Gasteiger partial charge in [-0.1, -0.05) is 30.3 Å². The summed E-state index contributed by atoms with van der Waals surface area (Å²) < 4.78 is 5.32. The molecule has 0 saturated heterocycles. The maximum absolute atomic E-state index is 12.0. The highest BCUT2D eigenvalue weighted by Crippen LogP contribution is 2.12. The first kappa shape index (κ1) is 18.2. The third-order valence-corrected chi connectivity index (χ3v) is 3.58. The molecule has 2 rings (SSSR count). The molecule has 0 radical (unpaired) electrons. The Morgan fingerprint density at radius 2 is 1.68 bits per heavy atom. The lowest BCUT2D eigenvalue weighted by Crippen LogP contribution is -2.43. The van der Waals surface area contributed by atoms with Crippen molar-refractivity contribution < 1.29 is 24.2 Å². The van der Waals surface area contributed by atoms with Crippen LogP contribution in [0.15, 0.2) is 54.6 Å². The van der Waals surface area contributed by atoms with Gasteiger partial charge >= 0.3 is 5.97 Å². The van der Waals surface area contributed by atoms with Crippen LogP contribution in [0.2, 0.25) is 0 Å². The van der Waals surface area contributed by atoms with Crippen LogP contribution in [0, 0.1) is 0 Å². The van der Waals surface area contributed by atoms with E-state index in [1.165, 1.54) is 31.2 Å². The Morgan fingerprint density at radius 1 is 1.04 bits per heavy atom. The van der Waals surface area contributed by atoms with Gasteiger partial charge in [-0.05, 0) is 43.2 Å². The van der Waals surface area contributed by atoms with Gasteiger partial charge in [0.25, 0.3) is 5.91 Å². The van der Waals surface area contributed by atoms with Crippen molar-refractivity contribution in [1.29, 1.82) is 0 Å². The SMILES string of the molecule is CC(=O)[C@H](Cc1ccccc1)NC(=O)COc1ccc(C(=O)O)cc1. The zero-order valence-corrected chi connectivity index (χ0v) is 13.8. The minimum atomic E-state index is -1.03. The number of hydrogen-bond acceptors (Lipinski definition) is 4. The van der Waals surface area contributed by atoms with Gasteiger partial charge < -0.3 is 15.2 Å². The predicted octanol–water partition coefficient (Wildman–Crippen LogP) is 2.08. The number of rotatable bonds is 8. The largest absolute Gasteiger partial charge is 0.484 e. The van der Waals surface area contributed by atoms with Crippen molar-refractivity contribution in [3.63, 3.8) is 0 Å². The van der Waals surface area contributed by atoms with Crippen molar-refractivity contribution in [2.24, 2.45) is 0 Å². The van der Waals surface area contributed by atoms with Crippen molar-refractivity contribution in [3.8, 4) is 5.75 Å². The molecule has 0 unspecified atom stereocenters. The van der Waals surface area contributed by atoms with E-state index in [1.807, 2.05) is 30.3 Å². The molecule has 130 valence electrons. The smallest absolute Gasteiger partial charge is 0.335 e. The monoisotopic (exact) mass is 341 g/mol. The summed E-state index contributed by atoms with van der Waals surface area (Å²) in [6.45, 7) is 1.17. The average molecular weight is 341 g/mol. The highest BCUT2D eigenvalue weighted by atomic mass is 16.5. The second-order valence-corrected chi connectivity index (χ2v) is 5.54. The fraction of sp³-hybridized carbons (Fsp3) is 0.211. The molecule has 0 bridgehead atoms. The van der Waals surface area contributed by atoms with Crippen LogP contribution in [0.5, 0.6) is 5.75 Å². The number of nitrogens with one attached hydrogen (secondary N) is 1. The zero-order valence-electron chi connectivity index (χ0n) is 13.8. The molecule has 2 aromatic rings. The average Bonchev–Trinajstić information content (AvgIpc) is 2.60. The van der Waals surface area contributed by atoms with Gasteiger partial charge in [-0.25, -0.2) is 4.79 Å². The number of aromatic carboxylic acids is 1. The van der Waals surface area contributed by atoms with E-state index in [1.54, 1.807) is 0 Å². The fourth-order valence-electron chi connectivity index (χ4n) is 2.22. The summed E-state index contributed by atoms with van der Waals surface area (Å²) in [5.74, 6) is -1.21. The van der Waals surface area contributed by atoms with Crippen LogP contribution < -0.4 is 10.1 Å². The van der Waals surface area contributed by atoms with E-state index in [0.717, 1.165) is 5.56 Å². The molecule has 25 heavy (non-hydrogen) atoms. The van der Waals surface area contributed by atoms with Gasteiger partial charge in [-0.3, -0.25) is 9.59 Å². The van der Waals surface area contributed by atoms with Crippen LogP contribution in [0.4, 0.5) is 0 Å². The first-order chi connectivity index (χ1) is 12.0. The van der Waals surface area contributed by atoms with Gasteiger partial charge in [0, 0.05) is 0 Å². The van der Waals surface area contributed by atoms with E-state index in [0.29, 0.717) is 12.2 Å². The molecule has 0 saturated carbocycles. The van der Waals surface area contributed by atoms with Gasteiger partial charge in [0.2, 0.25) is 0 Å². The summed E-state index contributed by atoms with van der Waals surface area (Å²) in [5.41, 5.74) is 1.09. The van der Waals surface area contributed by atoms with E-state index < -0.39 is 17.9 Å².